The highest BCUT2D eigenvalue weighted by atomic mass is 16.5. The zero-order valence-electron chi connectivity index (χ0n) is 19.5. The number of carbonyl (C=O) groups excluding carboxylic acids is 2. The summed E-state index contributed by atoms with van der Waals surface area (Å²) in [5.41, 5.74) is 0.354. The summed E-state index contributed by atoms with van der Waals surface area (Å²) < 4.78 is 11.6. The van der Waals surface area contributed by atoms with Crippen molar-refractivity contribution in [3.05, 3.63) is 0 Å². The first-order valence-corrected chi connectivity index (χ1v) is 12.5. The molecule has 30 heavy (non-hydrogen) atoms. The lowest BCUT2D eigenvalue weighted by atomic mass is 9.60. The maximum absolute atomic E-state index is 12.9. The number of esters is 1. The fourth-order valence-corrected chi connectivity index (χ4v) is 7.64. The van der Waals surface area contributed by atoms with E-state index < -0.39 is 0 Å². The van der Waals surface area contributed by atoms with Crippen molar-refractivity contribution < 1.29 is 19.1 Å². The van der Waals surface area contributed by atoms with Crippen molar-refractivity contribution in [3.8, 4) is 0 Å². The van der Waals surface area contributed by atoms with Gasteiger partial charge in [0, 0.05) is 13.0 Å². The highest BCUT2D eigenvalue weighted by Crippen LogP contribution is 2.53. The highest BCUT2D eigenvalue weighted by molar-refractivity contribution is 5.81. The largest absolute Gasteiger partial charge is 0.462 e. The first kappa shape index (κ1) is 22.3. The van der Waals surface area contributed by atoms with Gasteiger partial charge in [-0.05, 0) is 107 Å². The van der Waals surface area contributed by atoms with Crippen LogP contribution in [0.1, 0.15) is 91.4 Å². The van der Waals surface area contributed by atoms with E-state index in [-0.39, 0.29) is 35.6 Å². The van der Waals surface area contributed by atoms with E-state index in [0.717, 1.165) is 43.9 Å². The molecule has 4 fully saturated rings. The molecule has 4 unspecified atom stereocenters. The Morgan fingerprint density at radius 1 is 0.767 bits per heavy atom. The Balaban J connectivity index is 1.26. The van der Waals surface area contributed by atoms with Gasteiger partial charge in [0.15, 0.2) is 0 Å². The van der Waals surface area contributed by atoms with Crippen molar-refractivity contribution in [1.29, 1.82) is 0 Å². The molecule has 4 atom stereocenters. The van der Waals surface area contributed by atoms with Gasteiger partial charge in [0.05, 0.1) is 12.0 Å². The number of ketones is 1. The van der Waals surface area contributed by atoms with Crippen molar-refractivity contribution in [2.24, 2.45) is 40.9 Å². The summed E-state index contributed by atoms with van der Waals surface area (Å²) in [6.07, 6.45) is 12.8. The number of hydrogen-bond donors (Lipinski definition) is 0. The van der Waals surface area contributed by atoms with E-state index >= 15 is 0 Å². The molecule has 0 radical (unpaired) electrons. The SMILES string of the molecule is COC1CCC(C(C)(C)C2CCC(OC(=O)C3CC4CC(C(C)=O)C3C4)CC2)CC1. The van der Waals surface area contributed by atoms with Crippen molar-refractivity contribution >= 4 is 11.8 Å². The molecule has 4 aliphatic rings. The van der Waals surface area contributed by atoms with Gasteiger partial charge in [-0.2, -0.15) is 0 Å². The van der Waals surface area contributed by atoms with E-state index in [9.17, 15) is 9.59 Å². The van der Waals surface area contributed by atoms with Gasteiger partial charge in [0.1, 0.15) is 11.9 Å². The molecule has 0 aliphatic heterocycles. The van der Waals surface area contributed by atoms with E-state index in [0.29, 0.717) is 17.4 Å². The molecule has 4 aliphatic carbocycles. The maximum atomic E-state index is 12.9. The van der Waals surface area contributed by atoms with Crippen molar-refractivity contribution in [2.45, 2.75) is 104 Å². The first-order valence-electron chi connectivity index (χ1n) is 12.5. The van der Waals surface area contributed by atoms with Crippen LogP contribution in [0.3, 0.4) is 0 Å². The van der Waals surface area contributed by atoms with Crippen LogP contribution in [0.15, 0.2) is 0 Å². The number of methoxy groups -OCH3 is 1. The van der Waals surface area contributed by atoms with Crippen LogP contribution in [0.2, 0.25) is 0 Å². The third-order valence-corrected chi connectivity index (χ3v) is 9.71. The molecule has 4 saturated carbocycles. The monoisotopic (exact) mass is 418 g/mol. The van der Waals surface area contributed by atoms with Crippen LogP contribution in [-0.2, 0) is 19.1 Å². The Kier molecular flexibility index (Phi) is 6.63. The van der Waals surface area contributed by atoms with Crippen LogP contribution in [0.4, 0.5) is 0 Å². The normalized spacial score (nSPS) is 41.6. The quantitative estimate of drug-likeness (QED) is 0.529. The molecule has 4 nitrogen and oxygen atoms in total. The van der Waals surface area contributed by atoms with E-state index in [2.05, 4.69) is 13.8 Å². The smallest absolute Gasteiger partial charge is 0.309 e. The molecule has 0 spiro atoms. The molecule has 0 aromatic carbocycles. The summed E-state index contributed by atoms with van der Waals surface area (Å²) in [7, 11) is 1.84. The molecule has 4 heteroatoms. The topological polar surface area (TPSA) is 52.6 Å². The van der Waals surface area contributed by atoms with Gasteiger partial charge in [-0.1, -0.05) is 13.8 Å². The fraction of sp³-hybridized carbons (Fsp3) is 0.923. The number of fused-ring (bicyclic) bond motifs is 2. The third kappa shape index (κ3) is 4.36. The molecule has 0 heterocycles. The molecule has 170 valence electrons. The molecule has 4 rings (SSSR count). The van der Waals surface area contributed by atoms with Gasteiger partial charge in [0.2, 0.25) is 0 Å². The lowest BCUT2D eigenvalue weighted by Crippen LogP contribution is -2.40. The van der Waals surface area contributed by atoms with Gasteiger partial charge in [0.25, 0.3) is 0 Å². The van der Waals surface area contributed by atoms with Gasteiger partial charge in [-0.25, -0.2) is 0 Å². The van der Waals surface area contributed by atoms with Crippen LogP contribution in [0.5, 0.6) is 0 Å². The summed E-state index contributed by atoms with van der Waals surface area (Å²) >= 11 is 0. The van der Waals surface area contributed by atoms with Crippen LogP contribution >= 0.6 is 0 Å². The van der Waals surface area contributed by atoms with Crippen molar-refractivity contribution in [3.63, 3.8) is 0 Å². The molecule has 0 amide bonds. The minimum absolute atomic E-state index is 0.00551. The van der Waals surface area contributed by atoms with Crippen LogP contribution in [-0.4, -0.2) is 31.1 Å². The molecule has 0 aromatic heterocycles. The number of Topliss-reactive ketones (excluding diaryl/α,β-unsaturated/α-hetero) is 1. The second-order valence-electron chi connectivity index (χ2n) is 11.5. The Morgan fingerprint density at radius 2 is 1.30 bits per heavy atom. The zero-order valence-corrected chi connectivity index (χ0v) is 19.5. The Bertz CT molecular complexity index is 625. The number of carbonyl (C=O) groups is 2. The molecule has 0 saturated heterocycles. The average molecular weight is 419 g/mol. The minimum Gasteiger partial charge on any atom is -0.462 e. The van der Waals surface area contributed by atoms with E-state index in [1.165, 1.54) is 38.5 Å². The van der Waals surface area contributed by atoms with Crippen LogP contribution < -0.4 is 0 Å². The Labute approximate surface area is 182 Å². The average Bonchev–Trinajstić information content (AvgIpc) is 3.35. The second kappa shape index (κ2) is 8.92. The fourth-order valence-electron chi connectivity index (χ4n) is 7.64. The predicted octanol–water partition coefficient (Wildman–Crippen LogP) is 5.57. The van der Waals surface area contributed by atoms with E-state index in [4.69, 9.17) is 9.47 Å². The van der Waals surface area contributed by atoms with Gasteiger partial charge in [-0.15, -0.1) is 0 Å². The Morgan fingerprint density at radius 3 is 1.80 bits per heavy atom. The number of ether oxygens (including phenoxy) is 2. The summed E-state index contributed by atoms with van der Waals surface area (Å²) in [6, 6.07) is 0. The predicted molar refractivity (Wildman–Crippen MR) is 117 cm³/mol. The summed E-state index contributed by atoms with van der Waals surface area (Å²) in [5.74, 6) is 2.65. The summed E-state index contributed by atoms with van der Waals surface area (Å²) in [4.78, 5) is 24.8. The second-order valence-corrected chi connectivity index (χ2v) is 11.5. The van der Waals surface area contributed by atoms with Crippen LogP contribution in [0, 0.1) is 40.9 Å². The molecule has 0 N–H and O–H groups in total. The zero-order chi connectivity index (χ0) is 21.5. The van der Waals surface area contributed by atoms with Crippen molar-refractivity contribution in [1.82, 2.24) is 0 Å². The van der Waals surface area contributed by atoms with Gasteiger partial charge < -0.3 is 9.47 Å². The number of rotatable bonds is 6. The maximum Gasteiger partial charge on any atom is 0.309 e. The molecule has 2 bridgehead atoms. The summed E-state index contributed by atoms with van der Waals surface area (Å²) in [5, 5.41) is 0. The highest BCUT2D eigenvalue weighted by Gasteiger charge is 2.51. The van der Waals surface area contributed by atoms with Gasteiger partial charge in [-0.3, -0.25) is 9.59 Å². The van der Waals surface area contributed by atoms with Crippen molar-refractivity contribution in [2.75, 3.05) is 7.11 Å². The minimum atomic E-state index is -0.0252. The van der Waals surface area contributed by atoms with E-state index in [1.807, 2.05) is 7.11 Å². The number of hydrogen-bond acceptors (Lipinski definition) is 4. The lowest BCUT2D eigenvalue weighted by Gasteiger charge is -2.46. The van der Waals surface area contributed by atoms with E-state index in [1.54, 1.807) is 6.92 Å². The molecular formula is C26H42O4. The van der Waals surface area contributed by atoms with Gasteiger partial charge >= 0.3 is 5.97 Å². The third-order valence-electron chi connectivity index (χ3n) is 9.71. The molecule has 0 aromatic rings. The summed E-state index contributed by atoms with van der Waals surface area (Å²) in [6.45, 7) is 6.64. The van der Waals surface area contributed by atoms with Crippen LogP contribution in [0.25, 0.3) is 0 Å². The molecular weight excluding hydrogens is 376 g/mol. The first-order chi connectivity index (χ1) is 14.3. The lowest BCUT2D eigenvalue weighted by molar-refractivity contribution is -0.159. The standard InChI is InChI=1S/C26H42O4/c1-16(27)22-13-17-14-23(22)24(15-17)25(28)30-21-11-7-19(8-12-21)26(2,3)18-5-9-20(29-4)10-6-18/h17-24H,5-15H2,1-4H3. The Hall–Kier alpha value is -0.900.